The van der Waals surface area contributed by atoms with Crippen molar-refractivity contribution in [3.63, 3.8) is 0 Å². The van der Waals surface area contributed by atoms with Crippen LogP contribution >= 0.6 is 0 Å². The number of rotatable bonds is 5. The Morgan fingerprint density at radius 3 is 2.68 bits per heavy atom. The van der Waals surface area contributed by atoms with E-state index >= 15 is 0 Å². The predicted molar refractivity (Wildman–Crippen MR) is 77.7 cm³/mol. The highest BCUT2D eigenvalue weighted by atomic mass is 16.5. The SMILES string of the molecule is O=C(Nc1ncn(C2CC2)c1C(=O)O)OCc1ccccc1. The Hall–Kier alpha value is -2.83. The molecule has 0 saturated heterocycles. The maximum Gasteiger partial charge on any atom is 0.413 e. The highest BCUT2D eigenvalue weighted by Gasteiger charge is 2.30. The van der Waals surface area contributed by atoms with Gasteiger partial charge in [-0.2, -0.15) is 0 Å². The molecule has 0 aliphatic heterocycles. The monoisotopic (exact) mass is 301 g/mol. The molecule has 1 aliphatic rings. The Labute approximate surface area is 126 Å². The molecule has 1 aromatic heterocycles. The third-order valence-corrected chi connectivity index (χ3v) is 3.37. The van der Waals surface area contributed by atoms with Gasteiger partial charge in [-0.05, 0) is 18.4 Å². The lowest BCUT2D eigenvalue weighted by Crippen LogP contribution is -2.17. The van der Waals surface area contributed by atoms with Crippen LogP contribution in [-0.4, -0.2) is 26.7 Å². The maximum atomic E-state index is 11.8. The summed E-state index contributed by atoms with van der Waals surface area (Å²) in [5.41, 5.74) is 0.832. The van der Waals surface area contributed by atoms with E-state index in [0.717, 1.165) is 18.4 Å². The molecule has 3 rings (SSSR count). The first-order valence-electron chi connectivity index (χ1n) is 6.93. The molecule has 0 spiro atoms. The summed E-state index contributed by atoms with van der Waals surface area (Å²) in [6.07, 6.45) is 2.56. The number of anilines is 1. The van der Waals surface area contributed by atoms with Crippen molar-refractivity contribution < 1.29 is 19.4 Å². The van der Waals surface area contributed by atoms with Crippen LogP contribution in [0.15, 0.2) is 36.7 Å². The van der Waals surface area contributed by atoms with Gasteiger partial charge in [0.1, 0.15) is 6.61 Å². The van der Waals surface area contributed by atoms with E-state index in [1.165, 1.54) is 6.33 Å². The van der Waals surface area contributed by atoms with Crippen LogP contribution in [0.5, 0.6) is 0 Å². The third-order valence-electron chi connectivity index (χ3n) is 3.37. The summed E-state index contributed by atoms with van der Waals surface area (Å²) in [4.78, 5) is 27.1. The summed E-state index contributed by atoms with van der Waals surface area (Å²) >= 11 is 0. The average molecular weight is 301 g/mol. The number of carboxylic acids is 1. The van der Waals surface area contributed by atoms with Crippen LogP contribution < -0.4 is 5.32 Å². The molecule has 0 radical (unpaired) electrons. The topological polar surface area (TPSA) is 93.5 Å². The van der Waals surface area contributed by atoms with Gasteiger partial charge in [-0.25, -0.2) is 14.6 Å². The van der Waals surface area contributed by atoms with Crippen molar-refractivity contribution in [2.24, 2.45) is 0 Å². The number of nitrogens with one attached hydrogen (secondary N) is 1. The molecule has 1 aromatic carbocycles. The number of imidazole rings is 1. The molecular formula is C15H15N3O4. The number of carboxylic acid groups (broad SMARTS) is 1. The van der Waals surface area contributed by atoms with E-state index in [9.17, 15) is 14.7 Å². The number of hydrogen-bond donors (Lipinski definition) is 2. The van der Waals surface area contributed by atoms with Gasteiger partial charge in [0.2, 0.25) is 0 Å². The smallest absolute Gasteiger partial charge is 0.413 e. The van der Waals surface area contributed by atoms with Crippen molar-refractivity contribution in [2.45, 2.75) is 25.5 Å². The number of amides is 1. The van der Waals surface area contributed by atoms with Crippen LogP contribution in [0.2, 0.25) is 0 Å². The minimum atomic E-state index is -1.12. The lowest BCUT2D eigenvalue weighted by Gasteiger charge is -2.07. The highest BCUT2D eigenvalue weighted by molar-refractivity contribution is 5.96. The second-order valence-corrected chi connectivity index (χ2v) is 5.07. The first-order chi connectivity index (χ1) is 10.6. The molecule has 0 bridgehead atoms. The van der Waals surface area contributed by atoms with E-state index in [1.807, 2.05) is 30.3 Å². The molecule has 1 amide bonds. The molecule has 114 valence electrons. The summed E-state index contributed by atoms with van der Waals surface area (Å²) in [6.45, 7) is 0.110. The van der Waals surface area contributed by atoms with Gasteiger partial charge in [-0.3, -0.25) is 5.32 Å². The van der Waals surface area contributed by atoms with Crippen molar-refractivity contribution >= 4 is 17.9 Å². The molecule has 7 nitrogen and oxygen atoms in total. The van der Waals surface area contributed by atoms with Gasteiger partial charge < -0.3 is 14.4 Å². The number of carbonyl (C=O) groups excluding carboxylic acids is 1. The Bertz CT molecular complexity index is 692. The Balaban J connectivity index is 1.65. The zero-order chi connectivity index (χ0) is 15.5. The molecule has 1 fully saturated rings. The van der Waals surface area contributed by atoms with Crippen molar-refractivity contribution in [1.82, 2.24) is 9.55 Å². The predicted octanol–water partition coefficient (Wildman–Crippen LogP) is 2.66. The van der Waals surface area contributed by atoms with Crippen molar-refractivity contribution in [3.8, 4) is 0 Å². The van der Waals surface area contributed by atoms with Gasteiger partial charge in [0.05, 0.1) is 6.33 Å². The third kappa shape index (κ3) is 3.08. The van der Waals surface area contributed by atoms with Gasteiger partial charge in [-0.15, -0.1) is 0 Å². The summed E-state index contributed by atoms with van der Waals surface area (Å²) in [5, 5.41) is 11.7. The number of carbonyl (C=O) groups is 2. The van der Waals surface area contributed by atoms with Crippen LogP contribution in [0.1, 0.15) is 34.9 Å². The lowest BCUT2D eigenvalue weighted by molar-refractivity contribution is 0.0686. The molecule has 1 saturated carbocycles. The summed E-state index contributed by atoms with van der Waals surface area (Å²) in [5.74, 6) is -1.11. The van der Waals surface area contributed by atoms with Gasteiger partial charge in [0.25, 0.3) is 0 Å². The molecule has 0 unspecified atom stereocenters. The summed E-state index contributed by atoms with van der Waals surface area (Å²) in [6, 6.07) is 9.38. The van der Waals surface area contributed by atoms with E-state index in [4.69, 9.17) is 4.74 Å². The first kappa shape index (κ1) is 14.1. The Morgan fingerprint density at radius 2 is 2.05 bits per heavy atom. The van der Waals surface area contributed by atoms with Gasteiger partial charge in [0, 0.05) is 6.04 Å². The van der Waals surface area contributed by atoms with Gasteiger partial charge >= 0.3 is 12.1 Å². The van der Waals surface area contributed by atoms with E-state index in [0.29, 0.717) is 0 Å². The second-order valence-electron chi connectivity index (χ2n) is 5.07. The largest absolute Gasteiger partial charge is 0.476 e. The maximum absolute atomic E-state index is 11.8. The zero-order valence-corrected chi connectivity index (χ0v) is 11.7. The van der Waals surface area contributed by atoms with Crippen LogP contribution in [0.25, 0.3) is 0 Å². The van der Waals surface area contributed by atoms with Crippen molar-refractivity contribution in [2.75, 3.05) is 5.32 Å². The highest BCUT2D eigenvalue weighted by Crippen LogP contribution is 2.37. The fraction of sp³-hybridized carbons (Fsp3) is 0.267. The molecule has 2 N–H and O–H groups in total. The molecule has 1 aliphatic carbocycles. The van der Waals surface area contributed by atoms with Crippen LogP contribution in [0.3, 0.4) is 0 Å². The van der Waals surface area contributed by atoms with Gasteiger partial charge in [0.15, 0.2) is 11.5 Å². The number of hydrogen-bond acceptors (Lipinski definition) is 4. The van der Waals surface area contributed by atoms with Crippen LogP contribution in [0.4, 0.5) is 10.6 Å². The molecule has 22 heavy (non-hydrogen) atoms. The second kappa shape index (κ2) is 5.88. The molecule has 0 atom stereocenters. The van der Waals surface area contributed by atoms with Gasteiger partial charge in [-0.1, -0.05) is 30.3 Å². The lowest BCUT2D eigenvalue weighted by atomic mass is 10.2. The number of nitrogens with zero attached hydrogens (tertiary/aromatic N) is 2. The number of aromatic carboxylic acids is 1. The summed E-state index contributed by atoms with van der Waals surface area (Å²) in [7, 11) is 0. The van der Waals surface area contributed by atoms with E-state index in [1.54, 1.807) is 4.57 Å². The standard InChI is InChI=1S/C15H15N3O4/c19-14(20)12-13(16-9-18(12)11-6-7-11)17-15(21)22-8-10-4-2-1-3-5-10/h1-5,9,11H,6-8H2,(H,17,21)(H,19,20). The normalized spacial score (nSPS) is 13.6. The van der Waals surface area contributed by atoms with E-state index in [-0.39, 0.29) is 24.2 Å². The number of benzene rings is 1. The molecule has 2 aromatic rings. The number of aromatic nitrogens is 2. The number of ether oxygens (including phenoxy) is 1. The van der Waals surface area contributed by atoms with Crippen molar-refractivity contribution in [3.05, 3.63) is 47.9 Å². The molecule has 1 heterocycles. The minimum Gasteiger partial charge on any atom is -0.476 e. The zero-order valence-electron chi connectivity index (χ0n) is 11.7. The fourth-order valence-corrected chi connectivity index (χ4v) is 2.15. The van der Waals surface area contributed by atoms with Crippen LogP contribution in [-0.2, 0) is 11.3 Å². The molecule has 7 heteroatoms. The Morgan fingerprint density at radius 1 is 1.32 bits per heavy atom. The van der Waals surface area contributed by atoms with Crippen molar-refractivity contribution in [1.29, 1.82) is 0 Å². The quantitative estimate of drug-likeness (QED) is 0.885. The fourth-order valence-electron chi connectivity index (χ4n) is 2.15. The minimum absolute atomic E-state index is 0.0115. The first-order valence-corrected chi connectivity index (χ1v) is 6.93. The Kier molecular flexibility index (Phi) is 3.78. The average Bonchev–Trinajstić information content (AvgIpc) is 3.27. The molecular weight excluding hydrogens is 286 g/mol. The van der Waals surface area contributed by atoms with Crippen LogP contribution in [0, 0.1) is 0 Å². The van der Waals surface area contributed by atoms with E-state index in [2.05, 4.69) is 10.3 Å². The van der Waals surface area contributed by atoms with E-state index < -0.39 is 12.1 Å². The summed E-state index contributed by atoms with van der Waals surface area (Å²) < 4.78 is 6.64.